The van der Waals surface area contributed by atoms with Crippen molar-refractivity contribution >= 4 is 39.5 Å². The van der Waals surface area contributed by atoms with Crippen LogP contribution in [0.15, 0.2) is 21.9 Å². The van der Waals surface area contributed by atoms with Gasteiger partial charge >= 0.3 is 0 Å². The summed E-state index contributed by atoms with van der Waals surface area (Å²) in [5, 5.41) is 0. The molecular formula is C12H16Cl2O6S2. The molecule has 6 nitrogen and oxygen atoms in total. The first-order chi connectivity index (χ1) is 9.82. The molecule has 0 unspecified atom stereocenters. The van der Waals surface area contributed by atoms with Crippen molar-refractivity contribution < 1.29 is 26.3 Å². The van der Waals surface area contributed by atoms with Crippen LogP contribution in [0.3, 0.4) is 0 Å². The van der Waals surface area contributed by atoms with Crippen molar-refractivity contribution in [2.45, 2.75) is 49.7 Å². The van der Waals surface area contributed by atoms with Crippen LogP contribution < -0.4 is 9.47 Å². The molecule has 0 amide bonds. The van der Waals surface area contributed by atoms with Crippen LogP contribution in [-0.4, -0.2) is 29.0 Å². The van der Waals surface area contributed by atoms with E-state index in [0.717, 1.165) is 12.1 Å². The minimum atomic E-state index is -4.24. The highest BCUT2D eigenvalue weighted by Crippen LogP contribution is 2.38. The fraction of sp³-hybridized carbons (Fsp3) is 0.500. The van der Waals surface area contributed by atoms with E-state index in [9.17, 15) is 16.8 Å². The van der Waals surface area contributed by atoms with E-state index < -0.39 is 27.9 Å². The molecular weight excluding hydrogens is 375 g/mol. The van der Waals surface area contributed by atoms with Crippen molar-refractivity contribution in [2.24, 2.45) is 0 Å². The molecule has 0 radical (unpaired) electrons. The second kappa shape index (κ2) is 6.82. The Hall–Kier alpha value is -0.700. The molecule has 0 saturated carbocycles. The molecule has 0 fully saturated rings. The largest absolute Gasteiger partial charge is 0.489 e. The normalized spacial score (nSPS) is 12.7. The molecule has 1 rings (SSSR count). The average molecular weight is 391 g/mol. The average Bonchev–Trinajstić information content (AvgIpc) is 2.23. The van der Waals surface area contributed by atoms with Gasteiger partial charge in [-0.1, -0.05) is 0 Å². The molecule has 126 valence electrons. The van der Waals surface area contributed by atoms with E-state index in [1.165, 1.54) is 0 Å². The van der Waals surface area contributed by atoms with Gasteiger partial charge in [0, 0.05) is 27.4 Å². The van der Waals surface area contributed by atoms with E-state index in [-0.39, 0.29) is 23.7 Å². The van der Waals surface area contributed by atoms with Crippen LogP contribution in [0, 0.1) is 0 Å². The second-order valence-electron chi connectivity index (χ2n) is 4.95. The van der Waals surface area contributed by atoms with Gasteiger partial charge in [0.25, 0.3) is 18.1 Å². The Labute approximate surface area is 139 Å². The number of hydrogen-bond donors (Lipinski definition) is 0. The molecule has 1 aromatic rings. The Bertz CT molecular complexity index is 693. The standard InChI is InChI=1S/C12H16Cl2O6S2/c1-7(2)19-9-5-10(20-8(3)4)12(22(14,17)18)6-11(9)21(13,15)16/h5-8H,1-4H3. The summed E-state index contributed by atoms with van der Waals surface area (Å²) >= 11 is 0. The molecule has 0 saturated heterocycles. The molecule has 10 heteroatoms. The van der Waals surface area contributed by atoms with Crippen molar-refractivity contribution in [3.8, 4) is 11.5 Å². The zero-order chi connectivity index (χ0) is 17.3. The van der Waals surface area contributed by atoms with Gasteiger partial charge in [-0.25, -0.2) is 16.8 Å². The summed E-state index contributed by atoms with van der Waals surface area (Å²) in [5.41, 5.74) is 0. The van der Waals surface area contributed by atoms with Crippen LogP contribution in [0.25, 0.3) is 0 Å². The fourth-order valence-corrected chi connectivity index (χ4v) is 3.61. The van der Waals surface area contributed by atoms with E-state index >= 15 is 0 Å². The lowest BCUT2D eigenvalue weighted by Crippen LogP contribution is -2.12. The van der Waals surface area contributed by atoms with E-state index in [1.54, 1.807) is 27.7 Å². The van der Waals surface area contributed by atoms with E-state index in [1.807, 2.05) is 0 Å². The Morgan fingerprint density at radius 3 is 1.32 bits per heavy atom. The molecule has 0 heterocycles. The monoisotopic (exact) mass is 390 g/mol. The Morgan fingerprint density at radius 1 is 0.773 bits per heavy atom. The number of hydrogen-bond acceptors (Lipinski definition) is 6. The van der Waals surface area contributed by atoms with Gasteiger partial charge in [-0.3, -0.25) is 0 Å². The molecule has 0 bridgehead atoms. The Morgan fingerprint density at radius 2 is 1.09 bits per heavy atom. The molecule has 0 aromatic heterocycles. The minimum Gasteiger partial charge on any atom is -0.489 e. The summed E-state index contributed by atoms with van der Waals surface area (Å²) in [6.45, 7) is 6.72. The summed E-state index contributed by atoms with van der Waals surface area (Å²) in [5.74, 6) is -0.213. The first-order valence-electron chi connectivity index (χ1n) is 6.23. The topological polar surface area (TPSA) is 86.7 Å². The van der Waals surface area contributed by atoms with Crippen molar-refractivity contribution in [1.29, 1.82) is 0 Å². The quantitative estimate of drug-likeness (QED) is 0.693. The third-order valence-corrected chi connectivity index (χ3v) is 4.95. The first-order valence-corrected chi connectivity index (χ1v) is 10.8. The van der Waals surface area contributed by atoms with Gasteiger partial charge in [0.05, 0.1) is 12.2 Å². The fourth-order valence-electron chi connectivity index (χ4n) is 1.60. The van der Waals surface area contributed by atoms with Gasteiger partial charge in [-0.15, -0.1) is 0 Å². The molecule has 0 N–H and O–H groups in total. The number of benzene rings is 1. The van der Waals surface area contributed by atoms with Gasteiger partial charge in [0.1, 0.15) is 21.3 Å². The van der Waals surface area contributed by atoms with Gasteiger partial charge in [0.15, 0.2) is 0 Å². The number of rotatable bonds is 6. The molecule has 0 aliphatic rings. The molecule has 0 aliphatic heterocycles. The van der Waals surface area contributed by atoms with Crippen LogP contribution >= 0.6 is 21.4 Å². The van der Waals surface area contributed by atoms with Gasteiger partial charge < -0.3 is 9.47 Å². The lowest BCUT2D eigenvalue weighted by Gasteiger charge is -2.18. The van der Waals surface area contributed by atoms with E-state index in [0.29, 0.717) is 0 Å². The SMILES string of the molecule is CC(C)Oc1cc(OC(C)C)c(S(=O)(=O)Cl)cc1S(=O)(=O)Cl. The van der Waals surface area contributed by atoms with Crippen molar-refractivity contribution in [1.82, 2.24) is 0 Å². The minimum absolute atomic E-state index is 0.107. The number of ether oxygens (including phenoxy) is 2. The van der Waals surface area contributed by atoms with Gasteiger partial charge in [0.2, 0.25) is 0 Å². The van der Waals surface area contributed by atoms with Gasteiger partial charge in [-0.2, -0.15) is 0 Å². The smallest absolute Gasteiger partial charge is 0.265 e. The maximum Gasteiger partial charge on any atom is 0.265 e. The van der Waals surface area contributed by atoms with E-state index in [2.05, 4.69) is 0 Å². The molecule has 22 heavy (non-hydrogen) atoms. The predicted molar refractivity (Wildman–Crippen MR) is 84.0 cm³/mol. The van der Waals surface area contributed by atoms with Crippen LogP contribution in [0.2, 0.25) is 0 Å². The van der Waals surface area contributed by atoms with Crippen LogP contribution in [0.4, 0.5) is 0 Å². The maximum absolute atomic E-state index is 11.7. The number of halogens is 2. The maximum atomic E-state index is 11.7. The summed E-state index contributed by atoms with van der Waals surface area (Å²) in [6.07, 6.45) is -0.718. The van der Waals surface area contributed by atoms with Crippen LogP contribution in [0.5, 0.6) is 11.5 Å². The molecule has 1 aromatic carbocycles. The molecule has 0 atom stereocenters. The lowest BCUT2D eigenvalue weighted by molar-refractivity contribution is 0.221. The van der Waals surface area contributed by atoms with Crippen molar-refractivity contribution in [3.63, 3.8) is 0 Å². The summed E-state index contributed by atoms with van der Waals surface area (Å²) in [7, 11) is 2.20. The first kappa shape index (κ1) is 19.3. The second-order valence-corrected chi connectivity index (χ2v) is 10.0. The van der Waals surface area contributed by atoms with Crippen molar-refractivity contribution in [3.05, 3.63) is 12.1 Å². The van der Waals surface area contributed by atoms with Gasteiger partial charge in [-0.05, 0) is 33.8 Å². The summed E-state index contributed by atoms with van der Waals surface area (Å²) in [6, 6.07) is 1.99. The van der Waals surface area contributed by atoms with E-state index in [4.69, 9.17) is 30.8 Å². The highest BCUT2D eigenvalue weighted by atomic mass is 35.7. The third kappa shape index (κ3) is 5.19. The third-order valence-electron chi connectivity index (χ3n) is 2.26. The highest BCUT2D eigenvalue weighted by Gasteiger charge is 2.27. The highest BCUT2D eigenvalue weighted by molar-refractivity contribution is 8.14. The zero-order valence-electron chi connectivity index (χ0n) is 12.3. The van der Waals surface area contributed by atoms with Crippen molar-refractivity contribution in [2.75, 3.05) is 0 Å². The molecule has 0 spiro atoms. The predicted octanol–water partition coefficient (Wildman–Crippen LogP) is 3.12. The Kier molecular flexibility index (Phi) is 6.00. The molecule has 0 aliphatic carbocycles. The Balaban J connectivity index is 3.71. The van der Waals surface area contributed by atoms with Crippen LogP contribution in [-0.2, 0) is 18.1 Å². The zero-order valence-corrected chi connectivity index (χ0v) is 15.5. The van der Waals surface area contributed by atoms with Crippen LogP contribution in [0.1, 0.15) is 27.7 Å². The summed E-state index contributed by atoms with van der Waals surface area (Å²) < 4.78 is 57.4. The lowest BCUT2D eigenvalue weighted by atomic mass is 10.3. The summed E-state index contributed by atoms with van der Waals surface area (Å²) in [4.78, 5) is -0.976.